The molecule has 1 rings (SSSR count). The van der Waals surface area contributed by atoms with E-state index in [4.69, 9.17) is 10.8 Å². The summed E-state index contributed by atoms with van der Waals surface area (Å²) in [6.07, 6.45) is -1.61. The summed E-state index contributed by atoms with van der Waals surface area (Å²) in [6.45, 7) is 0. The lowest BCUT2D eigenvalue weighted by Crippen LogP contribution is -2.36. The number of aliphatic carboxylic acids is 1. The largest absolute Gasteiger partial charge is 0.480 e. The van der Waals surface area contributed by atoms with Gasteiger partial charge in [0, 0.05) is 6.07 Å². The van der Waals surface area contributed by atoms with Crippen molar-refractivity contribution < 1.29 is 19.9 Å². The molecule has 0 radical (unpaired) electrons. The standard InChI is InChI=1S/C9H10N2O5/c10-7(9(13)14)8(12)5-3-1-2-4-6(5)11(15)16/h1-4,7-8,12H,10H2,(H,13,14)/t7-,8-/m1/s1. The summed E-state index contributed by atoms with van der Waals surface area (Å²) in [5.74, 6) is -1.43. The molecule has 0 unspecified atom stereocenters. The van der Waals surface area contributed by atoms with Crippen LogP contribution < -0.4 is 5.73 Å². The van der Waals surface area contributed by atoms with Crippen molar-refractivity contribution in [2.45, 2.75) is 12.1 Å². The van der Waals surface area contributed by atoms with E-state index < -0.39 is 23.0 Å². The van der Waals surface area contributed by atoms with Gasteiger partial charge in [-0.05, 0) is 6.07 Å². The van der Waals surface area contributed by atoms with E-state index in [9.17, 15) is 20.0 Å². The number of para-hydroxylation sites is 1. The van der Waals surface area contributed by atoms with E-state index in [1.807, 2.05) is 0 Å². The maximum absolute atomic E-state index is 10.6. The Kier molecular flexibility index (Phi) is 3.54. The van der Waals surface area contributed by atoms with Crippen LogP contribution in [0.15, 0.2) is 24.3 Å². The van der Waals surface area contributed by atoms with Gasteiger partial charge in [0.15, 0.2) is 0 Å². The van der Waals surface area contributed by atoms with Crippen molar-refractivity contribution in [1.29, 1.82) is 0 Å². The first kappa shape index (κ1) is 12.1. The second-order valence-electron chi connectivity index (χ2n) is 3.12. The predicted octanol–water partition coefficient (Wildman–Crippen LogP) is 0.0401. The highest BCUT2D eigenvalue weighted by Crippen LogP contribution is 2.26. The Morgan fingerprint density at radius 2 is 2.00 bits per heavy atom. The van der Waals surface area contributed by atoms with E-state index in [0.29, 0.717) is 0 Å². The number of aliphatic hydroxyl groups is 1. The molecule has 0 bridgehead atoms. The number of rotatable bonds is 4. The number of carbonyl (C=O) groups is 1. The number of aliphatic hydroxyl groups excluding tert-OH is 1. The van der Waals surface area contributed by atoms with Gasteiger partial charge in [-0.1, -0.05) is 12.1 Å². The van der Waals surface area contributed by atoms with Crippen molar-refractivity contribution in [3.05, 3.63) is 39.9 Å². The first-order valence-corrected chi connectivity index (χ1v) is 4.35. The summed E-state index contributed by atoms with van der Waals surface area (Å²) in [6, 6.07) is 3.72. The molecule has 0 spiro atoms. The molecule has 4 N–H and O–H groups in total. The summed E-state index contributed by atoms with van der Waals surface area (Å²) in [5, 5.41) is 28.8. The van der Waals surface area contributed by atoms with Crippen molar-refractivity contribution in [3.63, 3.8) is 0 Å². The Morgan fingerprint density at radius 1 is 1.44 bits per heavy atom. The molecule has 2 atom stereocenters. The molecular weight excluding hydrogens is 216 g/mol. The number of benzene rings is 1. The Balaban J connectivity index is 3.12. The van der Waals surface area contributed by atoms with Crippen molar-refractivity contribution in [1.82, 2.24) is 0 Å². The zero-order chi connectivity index (χ0) is 12.3. The topological polar surface area (TPSA) is 127 Å². The molecule has 0 aliphatic carbocycles. The molecule has 7 heteroatoms. The molecule has 7 nitrogen and oxygen atoms in total. The fourth-order valence-corrected chi connectivity index (χ4v) is 1.23. The Hall–Kier alpha value is -1.99. The van der Waals surface area contributed by atoms with Crippen molar-refractivity contribution in [2.75, 3.05) is 0 Å². The smallest absolute Gasteiger partial charge is 0.323 e. The molecule has 0 aliphatic heterocycles. The maximum atomic E-state index is 10.6. The second kappa shape index (κ2) is 4.69. The van der Waals surface area contributed by atoms with Gasteiger partial charge < -0.3 is 15.9 Å². The van der Waals surface area contributed by atoms with Crippen LogP contribution in [0.4, 0.5) is 5.69 Å². The predicted molar refractivity (Wildman–Crippen MR) is 53.7 cm³/mol. The minimum absolute atomic E-state index is 0.109. The lowest BCUT2D eigenvalue weighted by Gasteiger charge is -2.14. The van der Waals surface area contributed by atoms with Gasteiger partial charge in [-0.25, -0.2) is 0 Å². The number of hydrogen-bond donors (Lipinski definition) is 3. The van der Waals surface area contributed by atoms with Gasteiger partial charge in [-0.15, -0.1) is 0 Å². The van der Waals surface area contributed by atoms with Gasteiger partial charge in [-0.2, -0.15) is 0 Å². The summed E-state index contributed by atoms with van der Waals surface area (Å²) in [5.41, 5.74) is 4.73. The summed E-state index contributed by atoms with van der Waals surface area (Å²) in [7, 11) is 0. The van der Waals surface area contributed by atoms with Crippen LogP contribution in [-0.4, -0.2) is 27.1 Å². The average molecular weight is 226 g/mol. The van der Waals surface area contributed by atoms with E-state index in [0.717, 1.165) is 0 Å². The lowest BCUT2D eigenvalue weighted by molar-refractivity contribution is -0.386. The van der Waals surface area contributed by atoms with Crippen LogP contribution in [0, 0.1) is 10.1 Å². The summed E-state index contributed by atoms with van der Waals surface area (Å²) >= 11 is 0. The van der Waals surface area contributed by atoms with Gasteiger partial charge in [-0.3, -0.25) is 14.9 Å². The third kappa shape index (κ3) is 2.33. The van der Waals surface area contributed by atoms with Crippen LogP contribution in [-0.2, 0) is 4.79 Å². The van der Waals surface area contributed by atoms with Crippen LogP contribution in [0.5, 0.6) is 0 Å². The molecule has 86 valence electrons. The summed E-state index contributed by atoms with van der Waals surface area (Å²) in [4.78, 5) is 20.5. The normalized spacial score (nSPS) is 14.1. The molecule has 0 heterocycles. The molecule has 0 saturated heterocycles. The zero-order valence-electron chi connectivity index (χ0n) is 8.11. The fourth-order valence-electron chi connectivity index (χ4n) is 1.23. The second-order valence-corrected chi connectivity index (χ2v) is 3.12. The number of hydrogen-bond acceptors (Lipinski definition) is 5. The maximum Gasteiger partial charge on any atom is 0.323 e. The minimum atomic E-state index is -1.61. The number of nitro benzene ring substituents is 1. The molecule has 0 aromatic heterocycles. The van der Waals surface area contributed by atoms with E-state index in [1.54, 1.807) is 0 Å². The van der Waals surface area contributed by atoms with Crippen LogP contribution in [0.25, 0.3) is 0 Å². The van der Waals surface area contributed by atoms with Crippen LogP contribution in [0.3, 0.4) is 0 Å². The molecule has 1 aromatic carbocycles. The molecular formula is C9H10N2O5. The number of nitro groups is 1. The third-order valence-corrected chi connectivity index (χ3v) is 2.08. The average Bonchev–Trinajstić information content (AvgIpc) is 2.26. The van der Waals surface area contributed by atoms with Gasteiger partial charge in [0.25, 0.3) is 5.69 Å². The SMILES string of the molecule is N[C@@H](C(=O)O)[C@H](O)c1ccccc1[N+](=O)[O-]. The van der Waals surface area contributed by atoms with E-state index >= 15 is 0 Å². The number of carboxylic acid groups (broad SMARTS) is 1. The Labute approximate surface area is 90.3 Å². The molecule has 0 aliphatic rings. The molecule has 0 fully saturated rings. The van der Waals surface area contributed by atoms with Crippen molar-refractivity contribution in [3.8, 4) is 0 Å². The number of carboxylic acids is 1. The van der Waals surface area contributed by atoms with Gasteiger partial charge >= 0.3 is 5.97 Å². The van der Waals surface area contributed by atoms with Gasteiger partial charge in [0.05, 0.1) is 10.5 Å². The fraction of sp³-hybridized carbons (Fsp3) is 0.222. The first-order valence-electron chi connectivity index (χ1n) is 4.35. The van der Waals surface area contributed by atoms with Crippen LogP contribution in [0.1, 0.15) is 11.7 Å². The number of nitrogens with zero attached hydrogens (tertiary/aromatic N) is 1. The number of nitrogens with two attached hydrogens (primary N) is 1. The van der Waals surface area contributed by atoms with E-state index in [1.165, 1.54) is 24.3 Å². The van der Waals surface area contributed by atoms with Crippen molar-refractivity contribution >= 4 is 11.7 Å². The van der Waals surface area contributed by atoms with Crippen molar-refractivity contribution in [2.24, 2.45) is 5.73 Å². The minimum Gasteiger partial charge on any atom is -0.480 e. The Morgan fingerprint density at radius 3 is 2.50 bits per heavy atom. The van der Waals surface area contributed by atoms with Gasteiger partial charge in [0.2, 0.25) is 0 Å². The highest BCUT2D eigenvalue weighted by Gasteiger charge is 2.28. The lowest BCUT2D eigenvalue weighted by atomic mass is 10.0. The highest BCUT2D eigenvalue weighted by molar-refractivity contribution is 5.74. The molecule has 1 aromatic rings. The van der Waals surface area contributed by atoms with Gasteiger partial charge in [0.1, 0.15) is 12.1 Å². The zero-order valence-corrected chi connectivity index (χ0v) is 8.11. The monoisotopic (exact) mass is 226 g/mol. The highest BCUT2D eigenvalue weighted by atomic mass is 16.6. The Bertz CT molecular complexity index is 420. The van der Waals surface area contributed by atoms with Crippen LogP contribution in [0.2, 0.25) is 0 Å². The summed E-state index contributed by atoms with van der Waals surface area (Å²) < 4.78 is 0. The van der Waals surface area contributed by atoms with Crippen LogP contribution >= 0.6 is 0 Å². The van der Waals surface area contributed by atoms with E-state index in [-0.39, 0.29) is 11.3 Å². The third-order valence-electron chi connectivity index (χ3n) is 2.08. The molecule has 0 saturated carbocycles. The molecule has 0 amide bonds. The first-order chi connectivity index (χ1) is 7.45. The van der Waals surface area contributed by atoms with E-state index in [2.05, 4.69) is 0 Å². The quantitative estimate of drug-likeness (QED) is 0.491. The molecule has 16 heavy (non-hydrogen) atoms.